The maximum atomic E-state index is 11.9. The Morgan fingerprint density at radius 2 is 1.88 bits per heavy atom. The third kappa shape index (κ3) is 5.47. The summed E-state index contributed by atoms with van der Waals surface area (Å²) in [5.41, 5.74) is 1.30. The predicted molar refractivity (Wildman–Crippen MR) is 100 cm³/mol. The van der Waals surface area contributed by atoms with Crippen LogP contribution in [0.3, 0.4) is 0 Å². The van der Waals surface area contributed by atoms with E-state index in [0.717, 1.165) is 6.42 Å². The van der Waals surface area contributed by atoms with Gasteiger partial charge < -0.3 is 15.1 Å². The van der Waals surface area contributed by atoms with E-state index in [4.69, 9.17) is 16.6 Å². The molecule has 0 spiro atoms. The number of carbonyl (C=O) groups is 2. The molecule has 0 saturated carbocycles. The SMILES string of the molecule is CCCC(=O)Nc1cccc(NC(=S)NC(=O)c2ccc(Br)o2)c1. The summed E-state index contributed by atoms with van der Waals surface area (Å²) in [7, 11) is 0. The molecule has 6 nitrogen and oxygen atoms in total. The van der Waals surface area contributed by atoms with Crippen LogP contribution in [-0.4, -0.2) is 16.9 Å². The van der Waals surface area contributed by atoms with Crippen molar-refractivity contribution in [2.75, 3.05) is 10.6 Å². The van der Waals surface area contributed by atoms with Crippen LogP contribution in [-0.2, 0) is 4.79 Å². The molecule has 0 fully saturated rings. The van der Waals surface area contributed by atoms with Crippen LogP contribution in [0.2, 0.25) is 0 Å². The molecular formula is C16H16BrN3O3S. The van der Waals surface area contributed by atoms with Gasteiger partial charge in [-0.25, -0.2) is 0 Å². The standard InChI is InChI=1S/C16H16BrN3O3S/c1-2-4-14(21)18-10-5-3-6-11(9-10)19-16(24)20-15(22)12-7-8-13(17)23-12/h3,5-9H,2,4H2,1H3,(H,18,21)(H2,19,20,22,24). The van der Waals surface area contributed by atoms with Crippen molar-refractivity contribution in [1.82, 2.24) is 5.32 Å². The molecule has 0 aliphatic carbocycles. The minimum Gasteiger partial charge on any atom is -0.444 e. The Morgan fingerprint density at radius 3 is 2.50 bits per heavy atom. The molecule has 1 aromatic heterocycles. The first-order chi connectivity index (χ1) is 11.5. The van der Waals surface area contributed by atoms with Crippen molar-refractivity contribution in [3.8, 4) is 0 Å². The fourth-order valence-corrected chi connectivity index (χ4v) is 2.41. The summed E-state index contributed by atoms with van der Waals surface area (Å²) < 4.78 is 5.61. The smallest absolute Gasteiger partial charge is 0.293 e. The van der Waals surface area contributed by atoms with Crippen LogP contribution in [0.15, 0.2) is 45.5 Å². The molecular weight excluding hydrogens is 394 g/mol. The van der Waals surface area contributed by atoms with Crippen LogP contribution in [0, 0.1) is 0 Å². The van der Waals surface area contributed by atoms with E-state index in [1.807, 2.05) is 6.92 Å². The fourth-order valence-electron chi connectivity index (χ4n) is 1.89. The predicted octanol–water partition coefficient (Wildman–Crippen LogP) is 3.91. The lowest BCUT2D eigenvalue weighted by atomic mass is 10.2. The summed E-state index contributed by atoms with van der Waals surface area (Å²) >= 11 is 8.24. The molecule has 0 bridgehead atoms. The number of benzene rings is 1. The van der Waals surface area contributed by atoms with Gasteiger partial charge in [0.05, 0.1) is 0 Å². The normalized spacial score (nSPS) is 10.1. The lowest BCUT2D eigenvalue weighted by Crippen LogP contribution is -2.33. The molecule has 24 heavy (non-hydrogen) atoms. The maximum Gasteiger partial charge on any atom is 0.293 e. The van der Waals surface area contributed by atoms with Crippen LogP contribution < -0.4 is 16.0 Å². The molecule has 2 amide bonds. The van der Waals surface area contributed by atoms with E-state index in [9.17, 15) is 9.59 Å². The van der Waals surface area contributed by atoms with Crippen molar-refractivity contribution >= 4 is 56.4 Å². The summed E-state index contributed by atoms with van der Waals surface area (Å²) in [4.78, 5) is 23.6. The van der Waals surface area contributed by atoms with Crippen molar-refractivity contribution in [3.63, 3.8) is 0 Å². The quantitative estimate of drug-likeness (QED) is 0.652. The van der Waals surface area contributed by atoms with E-state index >= 15 is 0 Å². The topological polar surface area (TPSA) is 83.4 Å². The highest BCUT2D eigenvalue weighted by Crippen LogP contribution is 2.16. The van der Waals surface area contributed by atoms with E-state index in [-0.39, 0.29) is 16.8 Å². The summed E-state index contributed by atoms with van der Waals surface area (Å²) in [6, 6.07) is 10.2. The van der Waals surface area contributed by atoms with Crippen LogP contribution in [0.4, 0.5) is 11.4 Å². The second-order valence-corrected chi connectivity index (χ2v) is 6.08. The molecule has 126 valence electrons. The van der Waals surface area contributed by atoms with Crippen LogP contribution >= 0.6 is 28.1 Å². The van der Waals surface area contributed by atoms with Gasteiger partial charge in [0.1, 0.15) is 0 Å². The molecule has 0 unspecified atom stereocenters. The van der Waals surface area contributed by atoms with Crippen molar-refractivity contribution in [2.24, 2.45) is 0 Å². The summed E-state index contributed by atoms with van der Waals surface area (Å²) in [6.45, 7) is 1.94. The highest BCUT2D eigenvalue weighted by atomic mass is 79.9. The highest BCUT2D eigenvalue weighted by molar-refractivity contribution is 9.10. The van der Waals surface area contributed by atoms with Gasteiger partial charge in [-0.1, -0.05) is 13.0 Å². The number of amides is 2. The number of carbonyl (C=O) groups excluding carboxylic acids is 2. The molecule has 1 aromatic carbocycles. The van der Waals surface area contributed by atoms with Crippen molar-refractivity contribution in [3.05, 3.63) is 46.8 Å². The van der Waals surface area contributed by atoms with Gasteiger partial charge in [-0.15, -0.1) is 0 Å². The molecule has 0 atom stereocenters. The Hall–Kier alpha value is -2.19. The van der Waals surface area contributed by atoms with Gasteiger partial charge in [-0.2, -0.15) is 0 Å². The number of halogens is 1. The molecule has 1 heterocycles. The van der Waals surface area contributed by atoms with Gasteiger partial charge in [-0.3, -0.25) is 14.9 Å². The Bertz CT molecular complexity index is 761. The largest absolute Gasteiger partial charge is 0.444 e. The number of nitrogens with one attached hydrogen (secondary N) is 3. The molecule has 0 radical (unpaired) electrons. The van der Waals surface area contributed by atoms with Crippen LogP contribution in [0.5, 0.6) is 0 Å². The summed E-state index contributed by atoms with van der Waals surface area (Å²) in [5.74, 6) is -0.355. The van der Waals surface area contributed by atoms with Crippen LogP contribution in [0.1, 0.15) is 30.3 Å². The van der Waals surface area contributed by atoms with Gasteiger partial charge in [0.15, 0.2) is 15.5 Å². The first-order valence-corrected chi connectivity index (χ1v) is 8.45. The van der Waals surface area contributed by atoms with E-state index in [0.29, 0.717) is 22.5 Å². The van der Waals surface area contributed by atoms with Gasteiger partial charge in [-0.05, 0) is 64.9 Å². The minimum absolute atomic E-state index is 0.0473. The molecule has 2 rings (SSSR count). The third-order valence-corrected chi connectivity index (χ3v) is 3.54. The zero-order chi connectivity index (χ0) is 17.5. The minimum atomic E-state index is -0.453. The second-order valence-electron chi connectivity index (χ2n) is 4.89. The Morgan fingerprint density at radius 1 is 1.17 bits per heavy atom. The van der Waals surface area contributed by atoms with E-state index in [2.05, 4.69) is 31.9 Å². The number of rotatable bonds is 5. The maximum absolute atomic E-state index is 11.9. The van der Waals surface area contributed by atoms with Crippen LogP contribution in [0.25, 0.3) is 0 Å². The zero-order valence-corrected chi connectivity index (χ0v) is 15.3. The van der Waals surface area contributed by atoms with E-state index < -0.39 is 5.91 Å². The lowest BCUT2D eigenvalue weighted by molar-refractivity contribution is -0.116. The Balaban J connectivity index is 1.94. The van der Waals surface area contributed by atoms with E-state index in [1.54, 1.807) is 30.3 Å². The van der Waals surface area contributed by atoms with Crippen molar-refractivity contribution in [2.45, 2.75) is 19.8 Å². The Labute approximate surface area is 153 Å². The highest BCUT2D eigenvalue weighted by Gasteiger charge is 2.12. The average Bonchev–Trinajstić information content (AvgIpc) is 2.94. The molecule has 8 heteroatoms. The molecule has 0 aliphatic rings. The van der Waals surface area contributed by atoms with Crippen molar-refractivity contribution in [1.29, 1.82) is 0 Å². The number of furan rings is 1. The molecule has 3 N–H and O–H groups in total. The van der Waals surface area contributed by atoms with Crippen molar-refractivity contribution < 1.29 is 14.0 Å². The molecule has 2 aromatic rings. The first-order valence-electron chi connectivity index (χ1n) is 7.25. The Kier molecular flexibility index (Phi) is 6.51. The number of hydrogen-bond donors (Lipinski definition) is 3. The zero-order valence-electron chi connectivity index (χ0n) is 12.9. The number of thiocarbonyl (C=S) groups is 1. The molecule has 0 aliphatic heterocycles. The van der Waals surface area contributed by atoms with E-state index in [1.165, 1.54) is 6.07 Å². The van der Waals surface area contributed by atoms with Gasteiger partial charge >= 0.3 is 0 Å². The monoisotopic (exact) mass is 409 g/mol. The molecule has 0 saturated heterocycles. The lowest BCUT2D eigenvalue weighted by Gasteiger charge is -2.10. The number of hydrogen-bond acceptors (Lipinski definition) is 4. The van der Waals surface area contributed by atoms with Gasteiger partial charge in [0.2, 0.25) is 5.91 Å². The number of anilines is 2. The third-order valence-electron chi connectivity index (χ3n) is 2.91. The fraction of sp³-hybridized carbons (Fsp3) is 0.188. The van der Waals surface area contributed by atoms with Gasteiger partial charge in [0, 0.05) is 17.8 Å². The average molecular weight is 410 g/mol. The summed E-state index contributed by atoms with van der Waals surface area (Å²) in [6.07, 6.45) is 1.24. The second kappa shape index (κ2) is 8.60. The first kappa shape index (κ1) is 18.2. The van der Waals surface area contributed by atoms with Gasteiger partial charge in [0.25, 0.3) is 5.91 Å². The summed E-state index contributed by atoms with van der Waals surface area (Å²) in [5, 5.41) is 8.33.